The number of hydrogen-bond donors (Lipinski definition) is 2. The van der Waals surface area contributed by atoms with E-state index in [1.165, 1.54) is 16.7 Å². The van der Waals surface area contributed by atoms with Crippen LogP contribution in [0.4, 0.5) is 0 Å². The summed E-state index contributed by atoms with van der Waals surface area (Å²) in [4.78, 5) is 0. The summed E-state index contributed by atoms with van der Waals surface area (Å²) in [5, 5.41) is 0. The average molecular weight is 258 g/mol. The molecule has 0 amide bonds. The van der Waals surface area contributed by atoms with E-state index in [9.17, 15) is 0 Å². The monoisotopic (exact) mass is 258 g/mol. The molecular formula is C16H22N2O. The molecule has 1 aromatic heterocycles. The van der Waals surface area contributed by atoms with Gasteiger partial charge in [-0.15, -0.1) is 0 Å². The van der Waals surface area contributed by atoms with E-state index in [-0.39, 0.29) is 6.04 Å². The number of aryl methyl sites for hydroxylation is 4. The van der Waals surface area contributed by atoms with E-state index in [0.717, 1.165) is 23.5 Å². The smallest absolute Gasteiger partial charge is 0.105 e. The van der Waals surface area contributed by atoms with Crippen molar-refractivity contribution >= 4 is 0 Å². The highest BCUT2D eigenvalue weighted by Crippen LogP contribution is 2.25. The lowest BCUT2D eigenvalue weighted by Crippen LogP contribution is -2.29. The van der Waals surface area contributed by atoms with Gasteiger partial charge in [-0.25, -0.2) is 0 Å². The Kier molecular flexibility index (Phi) is 4.08. The van der Waals surface area contributed by atoms with E-state index < -0.39 is 0 Å². The number of hydrazine groups is 1. The molecule has 1 aromatic carbocycles. The van der Waals surface area contributed by atoms with Crippen molar-refractivity contribution in [3.8, 4) is 0 Å². The molecule has 1 unspecified atom stereocenters. The first-order valence-electron chi connectivity index (χ1n) is 6.60. The number of hydrogen-bond acceptors (Lipinski definition) is 3. The average Bonchev–Trinajstić information content (AvgIpc) is 2.64. The van der Waals surface area contributed by atoms with Crippen LogP contribution >= 0.6 is 0 Å². The minimum Gasteiger partial charge on any atom is -0.466 e. The molecule has 3 heteroatoms. The second-order valence-electron chi connectivity index (χ2n) is 5.29. The summed E-state index contributed by atoms with van der Waals surface area (Å²) in [5.74, 6) is 7.57. The Hall–Kier alpha value is -1.58. The van der Waals surface area contributed by atoms with Crippen LogP contribution in [0.25, 0.3) is 0 Å². The van der Waals surface area contributed by atoms with Gasteiger partial charge < -0.3 is 4.42 Å². The van der Waals surface area contributed by atoms with Crippen LogP contribution in [0.3, 0.4) is 0 Å². The molecular weight excluding hydrogens is 236 g/mol. The summed E-state index contributed by atoms with van der Waals surface area (Å²) >= 11 is 0. The molecule has 2 aromatic rings. The summed E-state index contributed by atoms with van der Waals surface area (Å²) in [6, 6.07) is 8.74. The molecule has 0 aliphatic carbocycles. The molecule has 0 saturated heterocycles. The molecule has 0 bridgehead atoms. The Morgan fingerprint density at radius 1 is 1.05 bits per heavy atom. The fourth-order valence-electron chi connectivity index (χ4n) is 2.68. The quantitative estimate of drug-likeness (QED) is 0.653. The maximum absolute atomic E-state index is 5.72. The minimum atomic E-state index is 0.0821. The fraction of sp³-hybridized carbons (Fsp3) is 0.375. The fourth-order valence-corrected chi connectivity index (χ4v) is 2.68. The molecule has 3 nitrogen and oxygen atoms in total. The zero-order valence-electron chi connectivity index (χ0n) is 12.1. The number of nitrogens with two attached hydrogens (primary N) is 1. The molecule has 0 aliphatic heterocycles. The molecule has 19 heavy (non-hydrogen) atoms. The maximum Gasteiger partial charge on any atom is 0.105 e. The Bertz CT molecular complexity index is 552. The summed E-state index contributed by atoms with van der Waals surface area (Å²) in [5.41, 5.74) is 7.89. The van der Waals surface area contributed by atoms with Crippen molar-refractivity contribution in [2.75, 3.05) is 0 Å². The second kappa shape index (κ2) is 5.59. The Labute approximate surface area is 114 Å². The summed E-state index contributed by atoms with van der Waals surface area (Å²) in [6.45, 7) is 8.18. The first kappa shape index (κ1) is 13.8. The maximum atomic E-state index is 5.72. The minimum absolute atomic E-state index is 0.0821. The first-order valence-corrected chi connectivity index (χ1v) is 6.60. The standard InChI is InChI=1S/C16H22N2O/c1-10-5-11(2)7-14(6-10)9-16(18-17)15-8-12(3)19-13(15)4/h5-8,16,18H,9,17H2,1-4H3. The molecule has 0 saturated carbocycles. The van der Waals surface area contributed by atoms with E-state index >= 15 is 0 Å². The van der Waals surface area contributed by atoms with Gasteiger partial charge >= 0.3 is 0 Å². The largest absolute Gasteiger partial charge is 0.466 e. The van der Waals surface area contributed by atoms with E-state index in [4.69, 9.17) is 10.3 Å². The molecule has 2 rings (SSSR count). The Morgan fingerprint density at radius 2 is 1.68 bits per heavy atom. The lowest BCUT2D eigenvalue weighted by molar-refractivity contribution is 0.484. The van der Waals surface area contributed by atoms with Crippen LogP contribution < -0.4 is 11.3 Å². The van der Waals surface area contributed by atoms with Gasteiger partial charge in [0.25, 0.3) is 0 Å². The Morgan fingerprint density at radius 3 is 2.16 bits per heavy atom. The number of benzene rings is 1. The van der Waals surface area contributed by atoms with Crippen molar-refractivity contribution in [3.05, 3.63) is 58.0 Å². The normalized spacial score (nSPS) is 12.7. The van der Waals surface area contributed by atoms with Gasteiger partial charge in [0.05, 0.1) is 6.04 Å². The van der Waals surface area contributed by atoms with Crippen molar-refractivity contribution in [1.82, 2.24) is 5.43 Å². The van der Waals surface area contributed by atoms with Crippen LogP contribution in [0.5, 0.6) is 0 Å². The van der Waals surface area contributed by atoms with Crippen molar-refractivity contribution < 1.29 is 4.42 Å². The van der Waals surface area contributed by atoms with Gasteiger partial charge in [-0.3, -0.25) is 11.3 Å². The topological polar surface area (TPSA) is 51.2 Å². The summed E-state index contributed by atoms with van der Waals surface area (Å²) < 4.78 is 5.59. The van der Waals surface area contributed by atoms with Gasteiger partial charge in [0, 0.05) is 5.56 Å². The SMILES string of the molecule is Cc1cc(C)cc(CC(NN)c2cc(C)oc2C)c1. The third kappa shape index (κ3) is 3.25. The summed E-state index contributed by atoms with van der Waals surface area (Å²) in [7, 11) is 0. The van der Waals surface area contributed by atoms with Gasteiger partial charge in [0.2, 0.25) is 0 Å². The van der Waals surface area contributed by atoms with Gasteiger partial charge in [-0.2, -0.15) is 0 Å². The lowest BCUT2D eigenvalue weighted by Gasteiger charge is -2.16. The van der Waals surface area contributed by atoms with Gasteiger partial charge in [-0.05, 0) is 45.7 Å². The number of nitrogens with one attached hydrogen (secondary N) is 1. The van der Waals surface area contributed by atoms with E-state index in [2.05, 4.69) is 43.5 Å². The zero-order chi connectivity index (χ0) is 14.0. The van der Waals surface area contributed by atoms with Crippen LogP contribution in [0.15, 0.2) is 28.7 Å². The molecule has 0 aliphatic rings. The zero-order valence-corrected chi connectivity index (χ0v) is 12.1. The van der Waals surface area contributed by atoms with Gasteiger partial charge in [0.15, 0.2) is 0 Å². The molecule has 1 atom stereocenters. The summed E-state index contributed by atoms with van der Waals surface area (Å²) in [6.07, 6.45) is 0.860. The molecule has 0 fully saturated rings. The molecule has 0 radical (unpaired) electrons. The molecule has 102 valence electrons. The second-order valence-corrected chi connectivity index (χ2v) is 5.29. The van der Waals surface area contributed by atoms with Crippen LogP contribution in [0.1, 0.15) is 39.8 Å². The third-order valence-corrected chi connectivity index (χ3v) is 3.38. The van der Waals surface area contributed by atoms with Crippen molar-refractivity contribution in [3.63, 3.8) is 0 Å². The van der Waals surface area contributed by atoms with Crippen molar-refractivity contribution in [2.24, 2.45) is 5.84 Å². The van der Waals surface area contributed by atoms with E-state index in [0.29, 0.717) is 0 Å². The van der Waals surface area contributed by atoms with Crippen LogP contribution in [0.2, 0.25) is 0 Å². The van der Waals surface area contributed by atoms with Crippen LogP contribution in [-0.2, 0) is 6.42 Å². The lowest BCUT2D eigenvalue weighted by atomic mass is 9.97. The molecule has 0 spiro atoms. The first-order chi connectivity index (χ1) is 8.99. The highest BCUT2D eigenvalue weighted by molar-refractivity contribution is 5.32. The number of furan rings is 1. The van der Waals surface area contributed by atoms with Gasteiger partial charge in [0.1, 0.15) is 11.5 Å². The highest BCUT2D eigenvalue weighted by atomic mass is 16.3. The van der Waals surface area contributed by atoms with Crippen molar-refractivity contribution in [1.29, 1.82) is 0 Å². The van der Waals surface area contributed by atoms with Crippen LogP contribution in [0, 0.1) is 27.7 Å². The highest BCUT2D eigenvalue weighted by Gasteiger charge is 2.16. The van der Waals surface area contributed by atoms with E-state index in [1.54, 1.807) is 0 Å². The van der Waals surface area contributed by atoms with Crippen LogP contribution in [-0.4, -0.2) is 0 Å². The third-order valence-electron chi connectivity index (χ3n) is 3.38. The van der Waals surface area contributed by atoms with Gasteiger partial charge in [-0.1, -0.05) is 29.3 Å². The molecule has 3 N–H and O–H groups in total. The predicted octanol–water partition coefficient (Wildman–Crippen LogP) is 3.26. The van der Waals surface area contributed by atoms with E-state index in [1.807, 2.05) is 13.8 Å². The number of rotatable bonds is 4. The van der Waals surface area contributed by atoms with Crippen molar-refractivity contribution in [2.45, 2.75) is 40.2 Å². The molecule has 1 heterocycles. The predicted molar refractivity (Wildman–Crippen MR) is 77.9 cm³/mol. The Balaban J connectivity index is 2.26.